The van der Waals surface area contributed by atoms with Crippen LogP contribution in [-0.4, -0.2) is 41.0 Å². The highest BCUT2D eigenvalue weighted by Gasteiger charge is 2.17. The van der Waals surface area contributed by atoms with E-state index in [1.165, 1.54) is 9.44 Å². The van der Waals surface area contributed by atoms with Crippen LogP contribution in [0.25, 0.3) is 10.9 Å². The Kier molecular flexibility index (Phi) is 5.88. The first-order chi connectivity index (χ1) is 12.9. The number of hydrogen-bond acceptors (Lipinski definition) is 5. The van der Waals surface area contributed by atoms with E-state index in [1.54, 1.807) is 29.5 Å². The molecule has 0 aliphatic heterocycles. The van der Waals surface area contributed by atoms with Crippen molar-refractivity contribution in [2.45, 2.75) is 19.5 Å². The summed E-state index contributed by atoms with van der Waals surface area (Å²) in [5, 5.41) is 5.54. The molecule has 8 heteroatoms. The van der Waals surface area contributed by atoms with Crippen molar-refractivity contribution in [2.24, 2.45) is 0 Å². The number of benzene rings is 1. The molecule has 3 aromatic rings. The van der Waals surface area contributed by atoms with Crippen molar-refractivity contribution in [3.05, 3.63) is 61.3 Å². The van der Waals surface area contributed by atoms with E-state index in [4.69, 9.17) is 12.2 Å². The van der Waals surface area contributed by atoms with Crippen molar-refractivity contribution >= 4 is 40.4 Å². The molecule has 0 radical (unpaired) electrons. The molecule has 2 N–H and O–H groups in total. The van der Waals surface area contributed by atoms with E-state index in [0.29, 0.717) is 34.3 Å². The fraction of sp³-hybridized carbons (Fsp3) is 0.316. The lowest BCUT2D eigenvalue weighted by Crippen LogP contribution is -2.34. The van der Waals surface area contributed by atoms with Crippen LogP contribution in [-0.2, 0) is 6.54 Å². The van der Waals surface area contributed by atoms with Crippen molar-refractivity contribution < 1.29 is 4.79 Å². The zero-order valence-electron chi connectivity index (χ0n) is 15.5. The minimum absolute atomic E-state index is 0.108. The second kappa shape index (κ2) is 8.16. The van der Waals surface area contributed by atoms with Crippen LogP contribution in [0.3, 0.4) is 0 Å². The Balaban J connectivity index is 1.83. The summed E-state index contributed by atoms with van der Waals surface area (Å²) in [5.41, 5.74) is 0.920. The summed E-state index contributed by atoms with van der Waals surface area (Å²) in [6, 6.07) is 9.20. The average molecular weight is 403 g/mol. The van der Waals surface area contributed by atoms with Gasteiger partial charge in [-0.25, -0.2) is 0 Å². The quantitative estimate of drug-likeness (QED) is 0.622. The second-order valence-corrected chi connectivity index (χ2v) is 7.81. The Hall–Kier alpha value is -2.29. The fourth-order valence-corrected chi connectivity index (χ4v) is 4.24. The molecule has 1 aromatic carbocycles. The number of fused-ring (bicyclic) bond motifs is 1. The van der Waals surface area contributed by atoms with Crippen molar-refractivity contribution in [1.82, 2.24) is 19.8 Å². The number of hydrogen-bond donors (Lipinski definition) is 2. The predicted octanol–water partition coefficient (Wildman–Crippen LogP) is 3.17. The number of amides is 1. The topological polar surface area (TPSA) is 70.1 Å². The first kappa shape index (κ1) is 19.5. The van der Waals surface area contributed by atoms with E-state index in [1.807, 2.05) is 32.5 Å². The normalized spacial score (nSPS) is 12.4. The molecule has 0 aliphatic rings. The van der Waals surface area contributed by atoms with Gasteiger partial charge < -0.3 is 15.2 Å². The Labute approximate surface area is 166 Å². The van der Waals surface area contributed by atoms with Crippen molar-refractivity contribution in [2.75, 3.05) is 20.6 Å². The summed E-state index contributed by atoms with van der Waals surface area (Å²) in [7, 11) is 3.98. The predicted molar refractivity (Wildman–Crippen MR) is 112 cm³/mol. The SMILES string of the molecule is CCn1c(=S)[nH]c2cc(C(=O)NCC(c3cccs3)N(C)C)ccc2c1=O. The Morgan fingerprint density at radius 1 is 1.37 bits per heavy atom. The Bertz CT molecular complexity index is 1070. The molecule has 1 unspecified atom stereocenters. The number of aromatic amines is 1. The highest BCUT2D eigenvalue weighted by atomic mass is 32.1. The van der Waals surface area contributed by atoms with Crippen molar-refractivity contribution in [3.8, 4) is 0 Å². The fourth-order valence-electron chi connectivity index (χ4n) is 2.99. The van der Waals surface area contributed by atoms with Gasteiger partial charge in [0.05, 0.1) is 16.9 Å². The number of thiophene rings is 1. The number of H-pyrrole nitrogens is 1. The monoisotopic (exact) mass is 402 g/mol. The van der Waals surface area contributed by atoms with Gasteiger partial charge in [-0.2, -0.15) is 0 Å². The maximum absolute atomic E-state index is 12.6. The Morgan fingerprint density at radius 2 is 2.15 bits per heavy atom. The van der Waals surface area contributed by atoms with E-state index in [9.17, 15) is 9.59 Å². The third-order valence-electron chi connectivity index (χ3n) is 4.51. The van der Waals surface area contributed by atoms with Crippen LogP contribution in [0.15, 0.2) is 40.5 Å². The third kappa shape index (κ3) is 4.02. The zero-order chi connectivity index (χ0) is 19.6. The number of likely N-dealkylation sites (N-methyl/N-ethyl adjacent to an activating group) is 1. The molecule has 27 heavy (non-hydrogen) atoms. The van der Waals surface area contributed by atoms with Gasteiger partial charge in [-0.3, -0.25) is 14.2 Å². The molecule has 0 saturated carbocycles. The van der Waals surface area contributed by atoms with Crippen LogP contribution in [0, 0.1) is 4.77 Å². The lowest BCUT2D eigenvalue weighted by molar-refractivity contribution is 0.0942. The van der Waals surface area contributed by atoms with Crippen molar-refractivity contribution in [1.29, 1.82) is 0 Å². The van der Waals surface area contributed by atoms with Crippen LogP contribution in [0.1, 0.15) is 28.2 Å². The first-order valence-electron chi connectivity index (χ1n) is 8.67. The van der Waals surface area contributed by atoms with Gasteiger partial charge in [0.1, 0.15) is 0 Å². The standard InChI is InChI=1S/C19H22N4O2S2/c1-4-23-18(25)13-8-7-12(10-14(13)21-19(23)26)17(24)20-11-15(22(2)3)16-6-5-9-27-16/h5-10,15H,4,11H2,1-3H3,(H,20,24)(H,21,26). The smallest absolute Gasteiger partial charge is 0.262 e. The number of nitrogens with zero attached hydrogens (tertiary/aromatic N) is 2. The summed E-state index contributed by atoms with van der Waals surface area (Å²) in [5.74, 6) is -0.181. The molecule has 0 spiro atoms. The molecule has 6 nitrogen and oxygen atoms in total. The molecule has 0 saturated heterocycles. The molecule has 0 aliphatic carbocycles. The average Bonchev–Trinajstić information content (AvgIpc) is 3.15. The summed E-state index contributed by atoms with van der Waals surface area (Å²) in [6.45, 7) is 2.87. The summed E-state index contributed by atoms with van der Waals surface area (Å²) < 4.78 is 1.86. The highest BCUT2D eigenvalue weighted by Crippen LogP contribution is 2.22. The molecule has 2 aromatic heterocycles. The largest absolute Gasteiger partial charge is 0.350 e. The molecule has 0 fully saturated rings. The van der Waals surface area contributed by atoms with E-state index in [2.05, 4.69) is 21.3 Å². The van der Waals surface area contributed by atoms with E-state index >= 15 is 0 Å². The minimum atomic E-state index is -0.181. The minimum Gasteiger partial charge on any atom is -0.350 e. The Morgan fingerprint density at radius 3 is 2.78 bits per heavy atom. The highest BCUT2D eigenvalue weighted by molar-refractivity contribution is 7.71. The van der Waals surface area contributed by atoms with Crippen LogP contribution in [0.2, 0.25) is 0 Å². The lowest BCUT2D eigenvalue weighted by atomic mass is 10.1. The van der Waals surface area contributed by atoms with Crippen LogP contribution < -0.4 is 10.9 Å². The summed E-state index contributed by atoms with van der Waals surface area (Å²) in [4.78, 5) is 31.4. The maximum Gasteiger partial charge on any atom is 0.262 e. The summed E-state index contributed by atoms with van der Waals surface area (Å²) in [6.07, 6.45) is 0. The first-order valence-corrected chi connectivity index (χ1v) is 9.96. The molecule has 1 atom stereocenters. The molecule has 142 valence electrons. The van der Waals surface area contributed by atoms with Gasteiger partial charge in [0, 0.05) is 23.5 Å². The number of carbonyl (C=O) groups is 1. The molecular formula is C19H22N4O2S2. The number of nitrogens with one attached hydrogen (secondary N) is 2. The van der Waals surface area contributed by atoms with Gasteiger partial charge in [0.2, 0.25) is 0 Å². The van der Waals surface area contributed by atoms with Crippen molar-refractivity contribution in [3.63, 3.8) is 0 Å². The van der Waals surface area contributed by atoms with Gasteiger partial charge in [-0.1, -0.05) is 6.07 Å². The molecular weight excluding hydrogens is 380 g/mol. The number of carbonyl (C=O) groups excluding carboxylic acids is 1. The van der Waals surface area contributed by atoms with E-state index in [-0.39, 0.29) is 17.5 Å². The van der Waals surface area contributed by atoms with Gasteiger partial charge in [0.15, 0.2) is 4.77 Å². The molecule has 2 heterocycles. The number of aromatic nitrogens is 2. The van der Waals surface area contributed by atoms with Gasteiger partial charge >= 0.3 is 0 Å². The zero-order valence-corrected chi connectivity index (χ0v) is 17.1. The number of rotatable bonds is 6. The molecule has 1 amide bonds. The lowest BCUT2D eigenvalue weighted by Gasteiger charge is -2.23. The van der Waals surface area contributed by atoms with Crippen LogP contribution in [0.5, 0.6) is 0 Å². The van der Waals surface area contributed by atoms with Gasteiger partial charge in [-0.05, 0) is 62.9 Å². The second-order valence-electron chi connectivity index (χ2n) is 6.44. The van der Waals surface area contributed by atoms with E-state index < -0.39 is 0 Å². The summed E-state index contributed by atoms with van der Waals surface area (Å²) >= 11 is 6.91. The maximum atomic E-state index is 12.6. The third-order valence-corrected chi connectivity index (χ3v) is 5.81. The van der Waals surface area contributed by atoms with E-state index in [0.717, 1.165) is 0 Å². The van der Waals surface area contributed by atoms with Crippen LogP contribution >= 0.6 is 23.6 Å². The van der Waals surface area contributed by atoms with Gasteiger partial charge in [-0.15, -0.1) is 11.3 Å². The van der Waals surface area contributed by atoms with Gasteiger partial charge in [0.25, 0.3) is 11.5 Å². The molecule has 0 bridgehead atoms. The van der Waals surface area contributed by atoms with Crippen LogP contribution in [0.4, 0.5) is 0 Å². The molecule has 3 rings (SSSR count).